The summed E-state index contributed by atoms with van der Waals surface area (Å²) in [7, 11) is 4.17. The summed E-state index contributed by atoms with van der Waals surface area (Å²) in [6.45, 7) is 5.30. The summed E-state index contributed by atoms with van der Waals surface area (Å²) >= 11 is 0. The Balaban J connectivity index is 0.000000447. The van der Waals surface area contributed by atoms with Gasteiger partial charge in [-0.15, -0.1) is 0 Å². The summed E-state index contributed by atoms with van der Waals surface area (Å²) < 4.78 is 4.37. The minimum Gasteiger partial charge on any atom is -0.550 e. The number of aromatic nitrogens is 2. The van der Waals surface area contributed by atoms with Gasteiger partial charge in [0.2, 0.25) is 11.0 Å². The van der Waals surface area contributed by atoms with Crippen LogP contribution in [0.2, 0.25) is 0 Å². The number of phenolic OH excluding ortho intramolecular Hbond substituents is 1. The summed E-state index contributed by atoms with van der Waals surface area (Å²) in [6.07, 6.45) is 2.12. The van der Waals surface area contributed by atoms with Crippen LogP contribution in [0.5, 0.6) is 5.75 Å². The van der Waals surface area contributed by atoms with Crippen LogP contribution in [-0.4, -0.2) is 15.6 Å². The number of aliphatic carboxylic acids is 1. The first-order chi connectivity index (χ1) is 12.2. The molecule has 0 amide bonds. The van der Waals surface area contributed by atoms with E-state index in [2.05, 4.69) is 55.4 Å². The van der Waals surface area contributed by atoms with E-state index >= 15 is 0 Å². The molecule has 5 nitrogen and oxygen atoms in total. The number of hydrogen-bond donors (Lipinski definition) is 1. The van der Waals surface area contributed by atoms with Crippen LogP contribution in [0.15, 0.2) is 36.5 Å². The molecule has 0 aliphatic rings. The van der Waals surface area contributed by atoms with Crippen molar-refractivity contribution in [2.75, 3.05) is 0 Å². The topological polar surface area (TPSA) is 69.2 Å². The van der Waals surface area contributed by atoms with E-state index in [9.17, 15) is 5.11 Å². The highest BCUT2D eigenvalue weighted by atomic mass is 16.4. The number of nitrogens with zero attached hydrogens (tertiary/aromatic N) is 2. The van der Waals surface area contributed by atoms with Crippen molar-refractivity contribution in [1.29, 1.82) is 0 Å². The molecule has 2 heterocycles. The van der Waals surface area contributed by atoms with Crippen LogP contribution in [0.4, 0.5) is 0 Å². The lowest BCUT2D eigenvalue weighted by molar-refractivity contribution is -0.616. The summed E-state index contributed by atoms with van der Waals surface area (Å²) in [4.78, 5) is 8.89. The van der Waals surface area contributed by atoms with E-state index < -0.39 is 5.97 Å². The molecular formula is C21H22N2O3. The number of rotatable bonds is 0. The van der Waals surface area contributed by atoms with E-state index in [1.165, 1.54) is 32.9 Å². The Bertz CT molecular complexity index is 1170. The van der Waals surface area contributed by atoms with E-state index in [4.69, 9.17) is 9.90 Å². The van der Waals surface area contributed by atoms with E-state index in [0.717, 1.165) is 17.8 Å². The van der Waals surface area contributed by atoms with Gasteiger partial charge in [-0.25, -0.2) is 0 Å². The number of carbonyl (C=O) groups is 1. The molecule has 134 valence electrons. The lowest BCUT2D eigenvalue weighted by atomic mass is 10.0. The lowest BCUT2D eigenvalue weighted by Gasteiger charge is -2.10. The van der Waals surface area contributed by atoms with Crippen LogP contribution in [0.3, 0.4) is 0 Å². The Morgan fingerprint density at radius 2 is 1.73 bits per heavy atom. The average Bonchev–Trinajstić information content (AvgIpc) is 2.83. The molecule has 2 aromatic heterocycles. The number of carboxylic acids is 1. The molecule has 0 bridgehead atoms. The highest BCUT2D eigenvalue weighted by molar-refractivity contribution is 6.11. The SMILES string of the molecule is CC(=O)[O-].Cc1c2ccn(C)c(C)c2cc2c3cc(O)ccc3[n+](C)c12. The number of pyridine rings is 1. The molecule has 26 heavy (non-hydrogen) atoms. The van der Waals surface area contributed by atoms with Crippen molar-refractivity contribution in [1.82, 2.24) is 4.57 Å². The number of benzene rings is 2. The Morgan fingerprint density at radius 1 is 1.08 bits per heavy atom. The number of hydrogen-bond acceptors (Lipinski definition) is 3. The van der Waals surface area contributed by atoms with Gasteiger partial charge in [-0.3, -0.25) is 0 Å². The monoisotopic (exact) mass is 350 g/mol. The third kappa shape index (κ3) is 2.75. The molecule has 0 atom stereocenters. The predicted octanol–water partition coefficient (Wildman–Crippen LogP) is 2.39. The van der Waals surface area contributed by atoms with E-state index in [1.54, 1.807) is 6.07 Å². The van der Waals surface area contributed by atoms with Crippen LogP contribution in [-0.2, 0) is 18.9 Å². The molecule has 0 radical (unpaired) electrons. The number of fused-ring (bicyclic) bond motifs is 4. The second-order valence-electron chi connectivity index (χ2n) is 6.62. The first-order valence-electron chi connectivity index (χ1n) is 8.39. The van der Waals surface area contributed by atoms with E-state index in [1.807, 2.05) is 12.1 Å². The van der Waals surface area contributed by atoms with Gasteiger partial charge in [-0.1, -0.05) is 0 Å². The zero-order valence-corrected chi connectivity index (χ0v) is 15.6. The molecule has 0 spiro atoms. The van der Waals surface area contributed by atoms with Gasteiger partial charge in [-0.05, 0) is 50.4 Å². The molecular weight excluding hydrogens is 328 g/mol. The zero-order chi connectivity index (χ0) is 19.2. The maximum Gasteiger partial charge on any atom is 0.217 e. The van der Waals surface area contributed by atoms with Crippen molar-refractivity contribution < 1.29 is 19.6 Å². The highest BCUT2D eigenvalue weighted by Gasteiger charge is 2.21. The fraction of sp³-hybridized carbons (Fsp3) is 0.238. The first-order valence-corrected chi connectivity index (χ1v) is 8.39. The molecule has 0 unspecified atom stereocenters. The van der Waals surface area contributed by atoms with Crippen molar-refractivity contribution >= 4 is 38.5 Å². The number of carboxylic acid groups (broad SMARTS) is 1. The van der Waals surface area contributed by atoms with E-state index in [-0.39, 0.29) is 0 Å². The highest BCUT2D eigenvalue weighted by Crippen LogP contribution is 2.33. The molecule has 0 aliphatic carbocycles. The largest absolute Gasteiger partial charge is 0.550 e. The molecule has 0 fully saturated rings. The third-order valence-corrected chi connectivity index (χ3v) is 4.94. The maximum atomic E-state index is 9.87. The van der Waals surface area contributed by atoms with Crippen LogP contribution >= 0.6 is 0 Å². The number of carbonyl (C=O) groups excluding carboxylic acids is 1. The number of aryl methyl sites for hydroxylation is 4. The fourth-order valence-electron chi connectivity index (χ4n) is 3.61. The van der Waals surface area contributed by atoms with E-state index in [0.29, 0.717) is 5.75 Å². The second kappa shape index (κ2) is 6.33. The van der Waals surface area contributed by atoms with Gasteiger partial charge in [0.05, 0.1) is 10.8 Å². The summed E-state index contributed by atoms with van der Waals surface area (Å²) in [5.41, 5.74) is 4.92. The number of phenols is 1. The summed E-state index contributed by atoms with van der Waals surface area (Å²) in [5.74, 6) is -0.770. The van der Waals surface area contributed by atoms with Crippen LogP contribution in [0.1, 0.15) is 18.2 Å². The average molecular weight is 350 g/mol. The Kier molecular flexibility index (Phi) is 4.32. The standard InChI is InChI=1S/C19H18N2O.C2H4O2/c1-11-14-7-8-20(3)12(2)15(14)10-17-16-9-13(22)5-6-18(16)21(4)19(11)17;1-2(3)4/h5-10H,1-4H3;1H3,(H,3,4). The quantitative estimate of drug-likeness (QED) is 0.495. The van der Waals surface area contributed by atoms with Gasteiger partial charge >= 0.3 is 0 Å². The summed E-state index contributed by atoms with van der Waals surface area (Å²) in [6, 6.07) is 10.0. The van der Waals surface area contributed by atoms with Crippen LogP contribution in [0.25, 0.3) is 32.6 Å². The number of aromatic hydroxyl groups is 1. The van der Waals surface area contributed by atoms with Crippen molar-refractivity contribution in [3.63, 3.8) is 0 Å². The molecule has 5 heteroatoms. The van der Waals surface area contributed by atoms with Crippen LogP contribution < -0.4 is 9.67 Å². The third-order valence-electron chi connectivity index (χ3n) is 4.94. The van der Waals surface area contributed by atoms with Crippen molar-refractivity contribution in [3.8, 4) is 5.75 Å². The van der Waals surface area contributed by atoms with Gasteiger partial charge in [0.15, 0.2) is 0 Å². The second-order valence-corrected chi connectivity index (χ2v) is 6.62. The normalized spacial score (nSPS) is 11.0. The minimum absolute atomic E-state index is 0.313. The fourth-order valence-corrected chi connectivity index (χ4v) is 3.61. The zero-order valence-electron chi connectivity index (χ0n) is 15.6. The molecule has 2 aromatic carbocycles. The van der Waals surface area contributed by atoms with Crippen molar-refractivity contribution in [2.24, 2.45) is 14.1 Å². The Morgan fingerprint density at radius 3 is 2.38 bits per heavy atom. The molecule has 4 aromatic rings. The molecule has 1 N–H and O–H groups in total. The molecule has 0 aliphatic heterocycles. The Labute approximate surface area is 151 Å². The lowest BCUT2D eigenvalue weighted by Crippen LogP contribution is -2.27. The van der Waals surface area contributed by atoms with Gasteiger partial charge in [0.25, 0.3) is 0 Å². The first kappa shape index (κ1) is 17.7. The van der Waals surface area contributed by atoms with Gasteiger partial charge in [0.1, 0.15) is 12.8 Å². The van der Waals surface area contributed by atoms with Crippen molar-refractivity contribution in [3.05, 3.63) is 47.8 Å². The van der Waals surface area contributed by atoms with Gasteiger partial charge in [0, 0.05) is 41.9 Å². The molecule has 4 rings (SSSR count). The minimum atomic E-state index is -1.08. The Hall–Kier alpha value is -3.08. The predicted molar refractivity (Wildman–Crippen MR) is 101 cm³/mol. The van der Waals surface area contributed by atoms with Gasteiger partial charge < -0.3 is 19.6 Å². The summed E-state index contributed by atoms with van der Waals surface area (Å²) in [5, 5.41) is 23.6. The van der Waals surface area contributed by atoms with Crippen LogP contribution in [0, 0.1) is 13.8 Å². The molecule has 0 saturated heterocycles. The maximum absolute atomic E-state index is 9.87. The smallest absolute Gasteiger partial charge is 0.217 e. The van der Waals surface area contributed by atoms with Crippen molar-refractivity contribution in [2.45, 2.75) is 20.8 Å². The van der Waals surface area contributed by atoms with Gasteiger partial charge in [-0.2, -0.15) is 4.57 Å². The molecule has 0 saturated carbocycles.